The fourth-order valence-electron chi connectivity index (χ4n) is 2.43. The molecule has 194 valence electrons. The van der Waals surface area contributed by atoms with Crippen molar-refractivity contribution in [3.63, 3.8) is 0 Å². The van der Waals surface area contributed by atoms with Gasteiger partial charge in [0.05, 0.1) is 0 Å². The van der Waals surface area contributed by atoms with Crippen LogP contribution in [-0.2, 0) is 22.8 Å². The summed E-state index contributed by atoms with van der Waals surface area (Å²) in [5.74, 6) is 0. The summed E-state index contributed by atoms with van der Waals surface area (Å²) in [4.78, 5) is 107. The topological polar surface area (TPSA) is 320 Å². The van der Waals surface area contributed by atoms with Crippen molar-refractivity contribution < 1.29 is 534 Å². The molecular formula is C9H20K9N3O15P5+. The Morgan fingerprint density at radius 2 is 0.537 bits per heavy atom. The van der Waals surface area contributed by atoms with E-state index in [0.717, 1.165) is 4.90 Å². The van der Waals surface area contributed by atoms with Gasteiger partial charge in [-0.15, -0.1) is 0 Å². The predicted molar refractivity (Wildman–Crippen MR) is 91.8 cm³/mol. The van der Waals surface area contributed by atoms with E-state index in [-0.39, 0.29) is 462 Å². The Labute approximate surface area is 622 Å². The van der Waals surface area contributed by atoms with E-state index in [4.69, 9.17) is 9.79 Å². The van der Waals surface area contributed by atoms with Crippen LogP contribution in [0.4, 0.5) is 0 Å². The molecule has 0 radical (unpaired) electrons. The van der Waals surface area contributed by atoms with Gasteiger partial charge in [-0.3, -0.25) is 19.3 Å². The maximum absolute atomic E-state index is 11.3. The molecule has 0 heterocycles. The summed E-state index contributed by atoms with van der Waals surface area (Å²) < 4.78 is 54.9. The SMILES string of the molecule is O=P([O-])([O-])CN(CCN(CCN(CP(=O)([O-])[O-])CP(=O)([O-])[O-])CP(=O)(O)O)CP(=O)([O-])[O-].[K+].[K+].[K+].[K+].[K+].[K+].[K+].[K+].[K+]. The second-order valence-corrected chi connectivity index (χ2v) is 14.4. The molecule has 0 aliphatic carbocycles. The molecule has 0 bridgehead atoms. The molecule has 0 aliphatic heterocycles. The van der Waals surface area contributed by atoms with Gasteiger partial charge in [-0.05, 0) is 0 Å². The molecule has 0 unspecified atom stereocenters. The number of nitrogens with zero attached hydrogens (tertiary/aromatic N) is 3. The molecule has 0 spiro atoms. The Morgan fingerprint density at radius 3 is 0.683 bits per heavy atom. The molecule has 0 atom stereocenters. The molecular weight excluding hydrogens is 897 g/mol. The summed E-state index contributed by atoms with van der Waals surface area (Å²) >= 11 is 0. The third-order valence-electron chi connectivity index (χ3n) is 3.34. The van der Waals surface area contributed by atoms with Gasteiger partial charge in [-0.2, -0.15) is 0 Å². The van der Waals surface area contributed by atoms with Crippen LogP contribution in [-0.4, -0.2) is 82.1 Å². The molecule has 0 rings (SSSR count). The van der Waals surface area contributed by atoms with Crippen LogP contribution in [0.2, 0.25) is 0 Å². The van der Waals surface area contributed by atoms with Crippen molar-refractivity contribution in [3.05, 3.63) is 0 Å². The fourth-order valence-corrected chi connectivity index (χ4v) is 6.48. The maximum atomic E-state index is 11.3. The van der Waals surface area contributed by atoms with Gasteiger partial charge in [0.25, 0.3) is 0 Å². The van der Waals surface area contributed by atoms with Gasteiger partial charge in [-0.25, -0.2) is 0 Å². The molecule has 41 heavy (non-hydrogen) atoms. The van der Waals surface area contributed by atoms with Gasteiger partial charge in [0.15, 0.2) is 0 Å². The maximum Gasteiger partial charge on any atom is 1.00 e. The minimum atomic E-state index is -5.34. The molecule has 0 amide bonds. The van der Waals surface area contributed by atoms with Crippen molar-refractivity contribution in [2.45, 2.75) is 0 Å². The first kappa shape index (κ1) is 80.4. The van der Waals surface area contributed by atoms with Crippen LogP contribution in [0.1, 0.15) is 0 Å². The molecule has 2 N–H and O–H groups in total. The molecule has 0 saturated heterocycles. The molecule has 0 aromatic rings. The van der Waals surface area contributed by atoms with E-state index in [1.165, 1.54) is 0 Å². The zero-order valence-corrected chi connectivity index (χ0v) is 57.7. The van der Waals surface area contributed by atoms with E-state index in [1.807, 2.05) is 0 Å². The Morgan fingerprint density at radius 1 is 0.366 bits per heavy atom. The fraction of sp³-hybridized carbons (Fsp3) is 1.00. The van der Waals surface area contributed by atoms with Gasteiger partial charge < -0.3 is 67.2 Å². The molecule has 0 aromatic carbocycles. The monoisotopic (exact) mass is 916 g/mol. The average Bonchev–Trinajstić information content (AvgIpc) is 2.41. The first-order chi connectivity index (χ1) is 13.9. The summed E-state index contributed by atoms with van der Waals surface area (Å²) in [5, 5.41) is 0. The van der Waals surface area contributed by atoms with Crippen LogP contribution in [0, 0.1) is 0 Å². The molecule has 0 aromatic heterocycles. The molecule has 0 saturated carbocycles. The van der Waals surface area contributed by atoms with E-state index in [9.17, 15) is 62.0 Å². The second kappa shape index (κ2) is 40.7. The number of hydrogen-bond acceptors (Lipinski definition) is 16. The van der Waals surface area contributed by atoms with Crippen LogP contribution in [0.5, 0.6) is 0 Å². The zero-order chi connectivity index (χ0) is 25.6. The van der Waals surface area contributed by atoms with Gasteiger partial charge in [0, 0.05) is 51.3 Å². The normalized spacial score (nSPS) is 11.4. The first-order valence-electron chi connectivity index (χ1n) is 8.20. The molecule has 18 nitrogen and oxygen atoms in total. The van der Waals surface area contributed by atoms with Gasteiger partial charge in [0.2, 0.25) is 0 Å². The van der Waals surface area contributed by atoms with E-state index in [2.05, 4.69) is 0 Å². The summed E-state index contributed by atoms with van der Waals surface area (Å²) in [6.07, 6.45) is -6.68. The van der Waals surface area contributed by atoms with Crippen LogP contribution < -0.4 is 502 Å². The zero-order valence-electron chi connectivity index (χ0n) is 25.1. The average molecular weight is 917 g/mol. The second-order valence-electron chi connectivity index (χ2n) is 6.72. The smallest absolute Gasteiger partial charge is 0.810 e. The number of rotatable bonds is 16. The third-order valence-corrected chi connectivity index (χ3v) is 7.10. The van der Waals surface area contributed by atoms with Crippen molar-refractivity contribution in [3.8, 4) is 0 Å². The molecule has 0 aliphatic rings. The molecule has 32 heteroatoms. The van der Waals surface area contributed by atoms with E-state index >= 15 is 0 Å². The Kier molecular flexibility index (Phi) is 79.9. The van der Waals surface area contributed by atoms with Gasteiger partial charge in [0.1, 0.15) is 6.29 Å². The van der Waals surface area contributed by atoms with Gasteiger partial charge in [-0.1, -0.05) is 30.4 Å². The standard InChI is InChI=1S/C9H28N3O15P5.9K/c13-28(14,15)5-10(1-3-11(6-29(16,17)18)7-30(19,20)21)2-4-12(8-31(22,23)24)9-32(25,26)27;;;;;;;;;/h1-9H2,(H2,13,14,15)(H2,16,17,18)(H2,19,20,21)(H2,22,23,24)(H2,25,26,27);;;;;;;;;/q;9*+1/p-8. The Balaban J connectivity index is -0.000000133. The third kappa shape index (κ3) is 62.1. The number of hydrogen-bond donors (Lipinski definition) is 2. The Bertz CT molecular complexity index is 752. The Hall–Kier alpha value is 15.4. The summed E-state index contributed by atoms with van der Waals surface area (Å²) in [7, 11) is -26.2. The van der Waals surface area contributed by atoms with Crippen LogP contribution in [0.15, 0.2) is 0 Å². The minimum Gasteiger partial charge on any atom is -0.810 e. The van der Waals surface area contributed by atoms with Crippen LogP contribution in [0.3, 0.4) is 0 Å². The summed E-state index contributed by atoms with van der Waals surface area (Å²) in [6, 6.07) is 0. The quantitative estimate of drug-likeness (QED) is 0.107. The van der Waals surface area contributed by atoms with E-state index in [1.54, 1.807) is 0 Å². The van der Waals surface area contributed by atoms with Crippen molar-refractivity contribution in [2.24, 2.45) is 0 Å². The largest absolute Gasteiger partial charge is 1.00 e. The van der Waals surface area contributed by atoms with Crippen LogP contribution >= 0.6 is 38.0 Å². The van der Waals surface area contributed by atoms with Gasteiger partial charge >= 0.3 is 470 Å². The van der Waals surface area contributed by atoms with E-state index < -0.39 is 95.6 Å². The van der Waals surface area contributed by atoms with Crippen molar-refractivity contribution in [1.29, 1.82) is 0 Å². The first-order valence-corrected chi connectivity index (χ1v) is 16.9. The summed E-state index contributed by atoms with van der Waals surface area (Å²) in [5.41, 5.74) is 0. The van der Waals surface area contributed by atoms with Crippen molar-refractivity contribution in [1.82, 2.24) is 14.7 Å². The minimum absolute atomic E-state index is 0. The molecule has 0 fully saturated rings. The summed E-state index contributed by atoms with van der Waals surface area (Å²) in [6.45, 7) is -2.55. The predicted octanol–water partition coefficient (Wildman–Crippen LogP) is -34.5. The van der Waals surface area contributed by atoms with E-state index in [0.29, 0.717) is 9.80 Å². The van der Waals surface area contributed by atoms with Crippen molar-refractivity contribution >= 4 is 38.0 Å². The van der Waals surface area contributed by atoms with Crippen LogP contribution in [0.25, 0.3) is 0 Å². The van der Waals surface area contributed by atoms with Crippen molar-refractivity contribution in [2.75, 3.05) is 57.6 Å².